The molecule has 0 aliphatic heterocycles. The first-order chi connectivity index (χ1) is 11.9. The summed E-state index contributed by atoms with van der Waals surface area (Å²) in [4.78, 5) is 12.4. The van der Waals surface area contributed by atoms with Gasteiger partial charge in [0.1, 0.15) is 0 Å². The van der Waals surface area contributed by atoms with Crippen LogP contribution in [0.15, 0.2) is 42.5 Å². The molecule has 0 fully saturated rings. The maximum atomic E-state index is 12.7. The van der Waals surface area contributed by atoms with Crippen molar-refractivity contribution < 1.29 is 18.0 Å². The summed E-state index contributed by atoms with van der Waals surface area (Å²) in [5, 5.41) is 2.96. The lowest BCUT2D eigenvalue weighted by Gasteiger charge is -2.21. The molecule has 26 heavy (non-hydrogen) atoms. The molecule has 1 N–H and O–H groups in total. The number of rotatable bonds is 3. The third-order valence-electron chi connectivity index (χ3n) is 4.15. The van der Waals surface area contributed by atoms with Gasteiger partial charge in [0.15, 0.2) is 0 Å². The SMILES string of the molecule is CC(C)c1ccc(-c2ccc(C(F)(F)F)cc2)cc1NC(=O)C(C)(C)C. The Morgan fingerprint density at radius 3 is 1.92 bits per heavy atom. The predicted octanol–water partition coefficient (Wildman–Crippen LogP) is 6.48. The highest BCUT2D eigenvalue weighted by atomic mass is 19.4. The van der Waals surface area contributed by atoms with E-state index in [1.54, 1.807) is 0 Å². The minimum Gasteiger partial charge on any atom is -0.325 e. The van der Waals surface area contributed by atoms with Gasteiger partial charge in [-0.3, -0.25) is 4.79 Å². The average Bonchev–Trinajstić information content (AvgIpc) is 2.53. The molecule has 0 aliphatic carbocycles. The van der Waals surface area contributed by atoms with Crippen molar-refractivity contribution in [3.8, 4) is 11.1 Å². The Morgan fingerprint density at radius 1 is 0.923 bits per heavy atom. The van der Waals surface area contributed by atoms with Gasteiger partial charge in [-0.05, 0) is 40.8 Å². The van der Waals surface area contributed by atoms with Gasteiger partial charge < -0.3 is 5.32 Å². The highest BCUT2D eigenvalue weighted by Gasteiger charge is 2.30. The number of amides is 1. The third kappa shape index (κ3) is 4.65. The van der Waals surface area contributed by atoms with Gasteiger partial charge in [0.25, 0.3) is 0 Å². The molecule has 0 saturated carbocycles. The summed E-state index contributed by atoms with van der Waals surface area (Å²) in [5.41, 5.74) is 1.88. The van der Waals surface area contributed by atoms with E-state index in [0.29, 0.717) is 11.3 Å². The van der Waals surface area contributed by atoms with Crippen LogP contribution in [0.1, 0.15) is 51.7 Å². The summed E-state index contributed by atoms with van der Waals surface area (Å²) in [6.07, 6.45) is -4.36. The molecule has 2 nitrogen and oxygen atoms in total. The van der Waals surface area contributed by atoms with E-state index in [1.165, 1.54) is 12.1 Å². The van der Waals surface area contributed by atoms with Crippen molar-refractivity contribution in [2.45, 2.75) is 46.7 Å². The Bertz CT molecular complexity index is 784. The lowest BCUT2D eigenvalue weighted by atomic mass is 9.93. The van der Waals surface area contributed by atoms with Crippen LogP contribution in [0.3, 0.4) is 0 Å². The van der Waals surface area contributed by atoms with Gasteiger partial charge in [-0.15, -0.1) is 0 Å². The molecule has 0 bridgehead atoms. The highest BCUT2D eigenvalue weighted by molar-refractivity contribution is 5.96. The van der Waals surface area contributed by atoms with E-state index >= 15 is 0 Å². The molecule has 0 unspecified atom stereocenters. The van der Waals surface area contributed by atoms with Crippen molar-refractivity contribution in [2.24, 2.45) is 5.41 Å². The number of carbonyl (C=O) groups is 1. The second kappa shape index (κ2) is 7.14. The van der Waals surface area contributed by atoms with E-state index in [-0.39, 0.29) is 11.8 Å². The summed E-state index contributed by atoms with van der Waals surface area (Å²) < 4.78 is 38.2. The van der Waals surface area contributed by atoms with Crippen molar-refractivity contribution in [1.82, 2.24) is 0 Å². The van der Waals surface area contributed by atoms with Crippen molar-refractivity contribution in [2.75, 3.05) is 5.32 Å². The quantitative estimate of drug-likeness (QED) is 0.664. The zero-order chi connectivity index (χ0) is 19.7. The lowest BCUT2D eigenvalue weighted by molar-refractivity contribution is -0.137. The molecule has 0 aromatic heterocycles. The second-order valence-electron chi connectivity index (χ2n) is 7.74. The number of nitrogens with one attached hydrogen (secondary N) is 1. The Kier molecular flexibility index (Phi) is 5.49. The van der Waals surface area contributed by atoms with Gasteiger partial charge in [0.2, 0.25) is 5.91 Å². The summed E-state index contributed by atoms with van der Waals surface area (Å²) in [6.45, 7) is 9.55. The first-order valence-electron chi connectivity index (χ1n) is 8.52. The predicted molar refractivity (Wildman–Crippen MR) is 99.1 cm³/mol. The number of hydrogen-bond acceptors (Lipinski definition) is 1. The van der Waals surface area contributed by atoms with E-state index in [2.05, 4.69) is 5.32 Å². The number of alkyl halides is 3. The van der Waals surface area contributed by atoms with Gasteiger partial charge in [-0.1, -0.05) is 58.9 Å². The van der Waals surface area contributed by atoms with E-state index in [0.717, 1.165) is 23.3 Å². The second-order valence-corrected chi connectivity index (χ2v) is 7.74. The molecular formula is C21H24F3NO. The first kappa shape index (κ1) is 20.0. The standard InChI is InChI=1S/C21H24F3NO/c1-13(2)17-11-8-15(12-18(17)25-19(26)20(3,4)5)14-6-9-16(10-7-14)21(22,23)24/h6-13H,1-5H3,(H,25,26). The fourth-order valence-corrected chi connectivity index (χ4v) is 2.51. The van der Waals surface area contributed by atoms with Crippen LogP contribution < -0.4 is 5.32 Å². The van der Waals surface area contributed by atoms with Crippen LogP contribution in [-0.2, 0) is 11.0 Å². The Balaban J connectivity index is 2.42. The Morgan fingerprint density at radius 2 is 1.46 bits per heavy atom. The minimum atomic E-state index is -4.36. The lowest BCUT2D eigenvalue weighted by Crippen LogP contribution is -2.28. The zero-order valence-electron chi connectivity index (χ0n) is 15.7. The van der Waals surface area contributed by atoms with E-state index in [1.807, 2.05) is 52.8 Å². The summed E-state index contributed by atoms with van der Waals surface area (Å²) >= 11 is 0. The highest BCUT2D eigenvalue weighted by Crippen LogP contribution is 2.34. The van der Waals surface area contributed by atoms with Gasteiger partial charge in [0.05, 0.1) is 5.56 Å². The van der Waals surface area contributed by atoms with Gasteiger partial charge in [0, 0.05) is 11.1 Å². The van der Waals surface area contributed by atoms with E-state index in [4.69, 9.17) is 0 Å². The van der Waals surface area contributed by atoms with Crippen LogP contribution >= 0.6 is 0 Å². The molecule has 2 rings (SSSR count). The largest absolute Gasteiger partial charge is 0.416 e. The number of carbonyl (C=O) groups excluding carboxylic acids is 1. The van der Waals surface area contributed by atoms with Crippen molar-refractivity contribution in [3.63, 3.8) is 0 Å². The molecule has 0 atom stereocenters. The monoisotopic (exact) mass is 363 g/mol. The van der Waals surface area contributed by atoms with Crippen LogP contribution in [-0.4, -0.2) is 5.91 Å². The fourth-order valence-electron chi connectivity index (χ4n) is 2.51. The molecule has 2 aromatic rings. The Hall–Kier alpha value is -2.30. The number of halogens is 3. The third-order valence-corrected chi connectivity index (χ3v) is 4.15. The minimum absolute atomic E-state index is 0.107. The molecule has 5 heteroatoms. The van der Waals surface area contributed by atoms with Crippen LogP contribution in [0.4, 0.5) is 18.9 Å². The average molecular weight is 363 g/mol. The molecule has 2 aromatic carbocycles. The van der Waals surface area contributed by atoms with Gasteiger partial charge in [-0.2, -0.15) is 13.2 Å². The van der Waals surface area contributed by atoms with Crippen LogP contribution in [0.25, 0.3) is 11.1 Å². The molecule has 0 heterocycles. The topological polar surface area (TPSA) is 29.1 Å². The maximum Gasteiger partial charge on any atom is 0.416 e. The van der Waals surface area contributed by atoms with Crippen LogP contribution in [0.5, 0.6) is 0 Å². The molecule has 0 aliphatic rings. The molecule has 0 spiro atoms. The van der Waals surface area contributed by atoms with Gasteiger partial charge in [-0.25, -0.2) is 0 Å². The normalized spacial score (nSPS) is 12.3. The number of benzene rings is 2. The molecule has 140 valence electrons. The molecule has 0 radical (unpaired) electrons. The first-order valence-corrected chi connectivity index (χ1v) is 8.52. The maximum absolute atomic E-state index is 12.7. The molecular weight excluding hydrogens is 339 g/mol. The zero-order valence-corrected chi connectivity index (χ0v) is 15.7. The Labute approximate surface area is 152 Å². The van der Waals surface area contributed by atoms with Crippen LogP contribution in [0.2, 0.25) is 0 Å². The smallest absolute Gasteiger partial charge is 0.325 e. The number of anilines is 1. The van der Waals surface area contributed by atoms with Crippen molar-refractivity contribution >= 4 is 11.6 Å². The van der Waals surface area contributed by atoms with Crippen molar-refractivity contribution in [3.05, 3.63) is 53.6 Å². The summed E-state index contributed by atoms with van der Waals surface area (Å²) in [5.74, 6) is 0.0934. The van der Waals surface area contributed by atoms with Gasteiger partial charge >= 0.3 is 6.18 Å². The summed E-state index contributed by atoms with van der Waals surface area (Å²) in [6, 6.07) is 10.6. The number of hydrogen-bond donors (Lipinski definition) is 1. The fraction of sp³-hybridized carbons (Fsp3) is 0.381. The van der Waals surface area contributed by atoms with E-state index < -0.39 is 17.2 Å². The molecule has 0 saturated heterocycles. The molecule has 1 amide bonds. The van der Waals surface area contributed by atoms with E-state index in [9.17, 15) is 18.0 Å². The summed E-state index contributed by atoms with van der Waals surface area (Å²) in [7, 11) is 0. The van der Waals surface area contributed by atoms with Crippen molar-refractivity contribution in [1.29, 1.82) is 0 Å². The van der Waals surface area contributed by atoms with Crippen LogP contribution in [0, 0.1) is 5.41 Å².